The third kappa shape index (κ3) is 4.57. The van der Waals surface area contributed by atoms with Gasteiger partial charge in [-0.15, -0.1) is 11.3 Å². The molecular formula is C29H27N5O4S. The van der Waals surface area contributed by atoms with E-state index in [0.717, 1.165) is 16.7 Å². The van der Waals surface area contributed by atoms with Crippen LogP contribution in [0.1, 0.15) is 35.0 Å². The lowest BCUT2D eigenvalue weighted by molar-refractivity contribution is -0.129. The Kier molecular flexibility index (Phi) is 6.40. The number of nitrogens with one attached hydrogen (secondary N) is 2. The molecule has 0 spiro atoms. The van der Waals surface area contributed by atoms with Gasteiger partial charge in [0.25, 0.3) is 5.91 Å². The van der Waals surface area contributed by atoms with Crippen LogP contribution in [0.4, 0.5) is 21.9 Å². The summed E-state index contributed by atoms with van der Waals surface area (Å²) in [6.07, 6.45) is 2.80. The molecule has 2 aromatic heterocycles. The van der Waals surface area contributed by atoms with Gasteiger partial charge in [0.1, 0.15) is 21.2 Å². The number of rotatable bonds is 6. The van der Waals surface area contributed by atoms with Gasteiger partial charge in [0, 0.05) is 31.7 Å². The fourth-order valence-electron chi connectivity index (χ4n) is 5.13. The molecule has 2 aliphatic heterocycles. The molecule has 10 heteroatoms. The molecule has 2 N–H and O–H groups in total. The minimum atomic E-state index is -0.358. The lowest BCUT2D eigenvalue weighted by atomic mass is 10.1. The van der Waals surface area contributed by atoms with Gasteiger partial charge in [0.15, 0.2) is 0 Å². The molecule has 1 saturated heterocycles. The molecule has 1 unspecified atom stereocenters. The van der Waals surface area contributed by atoms with Crippen LogP contribution >= 0.6 is 11.3 Å². The zero-order valence-corrected chi connectivity index (χ0v) is 22.4. The Hall–Kier alpha value is -4.44. The first kappa shape index (κ1) is 24.9. The number of nitrogens with zero attached hydrogens (tertiary/aromatic N) is 3. The van der Waals surface area contributed by atoms with Crippen LogP contribution in [0.2, 0.25) is 0 Å². The van der Waals surface area contributed by atoms with Crippen molar-refractivity contribution in [3.05, 3.63) is 71.2 Å². The van der Waals surface area contributed by atoms with Crippen LogP contribution in [0.15, 0.2) is 60.8 Å². The third-order valence-corrected chi connectivity index (χ3v) is 8.12. The Balaban J connectivity index is 1.29. The number of carbonyl (C=O) groups is 3. The molecule has 39 heavy (non-hydrogen) atoms. The second-order valence-electron chi connectivity index (χ2n) is 9.60. The lowest BCUT2D eigenvalue weighted by Gasteiger charge is -2.29. The van der Waals surface area contributed by atoms with E-state index in [-0.39, 0.29) is 23.9 Å². The standard InChI is InChI=1S/C29H27N5O4S/c1-3-23(35)33-14-12-18(16-33)31-27(36)26-25-24-22(11-13-30-28(24)39-26)34(29(37)32-25)21-10-9-20(15-17(21)2)38-19-7-5-4-6-8-19/h4-11,13,15,18H,3,12,14,16H2,1-2H3,(H,31,36)(H,32,37). The quantitative estimate of drug-likeness (QED) is 0.320. The van der Waals surface area contributed by atoms with Gasteiger partial charge in [-0.2, -0.15) is 0 Å². The van der Waals surface area contributed by atoms with E-state index in [1.807, 2.05) is 62.4 Å². The van der Waals surface area contributed by atoms with Crippen molar-refractivity contribution in [1.29, 1.82) is 0 Å². The molecule has 4 heterocycles. The Morgan fingerprint density at radius 3 is 2.72 bits per heavy atom. The smallest absolute Gasteiger partial charge is 0.331 e. The second-order valence-corrected chi connectivity index (χ2v) is 10.6. The molecule has 4 amide bonds. The Morgan fingerprint density at radius 2 is 1.95 bits per heavy atom. The highest BCUT2D eigenvalue weighted by atomic mass is 32.1. The molecule has 2 aromatic carbocycles. The number of hydrogen-bond donors (Lipinski definition) is 2. The predicted molar refractivity (Wildman–Crippen MR) is 151 cm³/mol. The van der Waals surface area contributed by atoms with Crippen molar-refractivity contribution in [1.82, 2.24) is 15.2 Å². The lowest BCUT2D eigenvalue weighted by Crippen LogP contribution is -2.39. The first-order valence-corrected chi connectivity index (χ1v) is 13.7. The second kappa shape index (κ2) is 10.0. The number of aromatic nitrogens is 1. The van der Waals surface area contributed by atoms with Crippen LogP contribution in [-0.4, -0.2) is 46.9 Å². The molecule has 0 bridgehead atoms. The van der Waals surface area contributed by atoms with Crippen LogP contribution in [0, 0.1) is 6.92 Å². The summed E-state index contributed by atoms with van der Waals surface area (Å²) in [4.78, 5) is 47.8. The van der Waals surface area contributed by atoms with Crippen molar-refractivity contribution in [3.8, 4) is 11.5 Å². The number of urea groups is 1. The molecular weight excluding hydrogens is 514 g/mol. The topological polar surface area (TPSA) is 104 Å². The van der Waals surface area contributed by atoms with Crippen molar-refractivity contribution >= 4 is 56.5 Å². The average Bonchev–Trinajstić information content (AvgIpc) is 3.55. The minimum Gasteiger partial charge on any atom is -0.457 e. The van der Waals surface area contributed by atoms with E-state index in [0.29, 0.717) is 58.5 Å². The SMILES string of the molecule is CCC(=O)N1CCC(NC(=O)c2sc3nccc4c3c2NC(=O)N4c2ccc(Oc3ccccc3)cc2C)C1. The summed E-state index contributed by atoms with van der Waals surface area (Å²) < 4.78 is 5.96. The summed E-state index contributed by atoms with van der Waals surface area (Å²) in [7, 11) is 0. The first-order valence-electron chi connectivity index (χ1n) is 12.9. The fourth-order valence-corrected chi connectivity index (χ4v) is 6.15. The normalized spacial score (nSPS) is 16.4. The van der Waals surface area contributed by atoms with E-state index in [1.54, 1.807) is 22.1 Å². The number of carbonyl (C=O) groups excluding carboxylic acids is 3. The summed E-state index contributed by atoms with van der Waals surface area (Å²) in [6, 6.07) is 16.4. The van der Waals surface area contributed by atoms with Gasteiger partial charge in [0.2, 0.25) is 5.91 Å². The summed E-state index contributed by atoms with van der Waals surface area (Å²) >= 11 is 1.25. The number of benzene rings is 2. The zero-order chi connectivity index (χ0) is 27.1. The number of amides is 4. The number of thiophene rings is 1. The molecule has 198 valence electrons. The number of anilines is 3. The highest BCUT2D eigenvalue weighted by Crippen LogP contribution is 2.46. The fraction of sp³-hybridized carbons (Fsp3) is 0.241. The van der Waals surface area contributed by atoms with Gasteiger partial charge in [-0.3, -0.25) is 14.5 Å². The Labute approximate surface area is 229 Å². The average molecular weight is 542 g/mol. The van der Waals surface area contributed by atoms with Gasteiger partial charge in [0.05, 0.1) is 22.4 Å². The van der Waals surface area contributed by atoms with Crippen molar-refractivity contribution in [2.75, 3.05) is 23.3 Å². The summed E-state index contributed by atoms with van der Waals surface area (Å²) in [6.45, 7) is 4.88. The highest BCUT2D eigenvalue weighted by molar-refractivity contribution is 7.21. The summed E-state index contributed by atoms with van der Waals surface area (Å²) in [5.74, 6) is 1.20. The van der Waals surface area contributed by atoms with Crippen LogP contribution < -0.4 is 20.3 Å². The minimum absolute atomic E-state index is 0.0832. The number of ether oxygens (including phenoxy) is 1. The molecule has 0 radical (unpaired) electrons. The number of hydrogen-bond acceptors (Lipinski definition) is 6. The number of pyridine rings is 1. The number of para-hydroxylation sites is 1. The Bertz CT molecular complexity index is 1600. The maximum Gasteiger partial charge on any atom is 0.331 e. The van der Waals surface area contributed by atoms with Gasteiger partial charge in [-0.05, 0) is 55.3 Å². The summed E-state index contributed by atoms with van der Waals surface area (Å²) in [5, 5.41) is 6.72. The van der Waals surface area contributed by atoms with E-state index >= 15 is 0 Å². The van der Waals surface area contributed by atoms with Crippen molar-refractivity contribution in [2.24, 2.45) is 0 Å². The highest BCUT2D eigenvalue weighted by Gasteiger charge is 2.34. The molecule has 1 fully saturated rings. The van der Waals surface area contributed by atoms with Crippen LogP contribution in [0.25, 0.3) is 10.2 Å². The van der Waals surface area contributed by atoms with Gasteiger partial charge < -0.3 is 20.3 Å². The zero-order valence-electron chi connectivity index (χ0n) is 21.6. The van der Waals surface area contributed by atoms with E-state index in [9.17, 15) is 14.4 Å². The molecule has 2 aliphatic rings. The molecule has 4 aromatic rings. The largest absolute Gasteiger partial charge is 0.457 e. The summed E-state index contributed by atoms with van der Waals surface area (Å²) in [5.41, 5.74) is 2.69. The van der Waals surface area contributed by atoms with Crippen LogP contribution in [0.5, 0.6) is 11.5 Å². The molecule has 0 aliphatic carbocycles. The molecule has 6 rings (SSSR count). The van der Waals surface area contributed by atoms with Crippen LogP contribution in [-0.2, 0) is 4.79 Å². The monoisotopic (exact) mass is 541 g/mol. The molecule has 1 atom stereocenters. The van der Waals surface area contributed by atoms with Gasteiger partial charge >= 0.3 is 6.03 Å². The van der Waals surface area contributed by atoms with E-state index in [1.165, 1.54) is 11.3 Å². The van der Waals surface area contributed by atoms with E-state index in [2.05, 4.69) is 15.6 Å². The van der Waals surface area contributed by atoms with E-state index in [4.69, 9.17) is 4.74 Å². The predicted octanol–water partition coefficient (Wildman–Crippen LogP) is 5.82. The maximum absolute atomic E-state index is 13.5. The van der Waals surface area contributed by atoms with Gasteiger partial charge in [-0.25, -0.2) is 9.78 Å². The molecule has 0 saturated carbocycles. The Morgan fingerprint density at radius 1 is 1.13 bits per heavy atom. The first-order chi connectivity index (χ1) is 18.9. The van der Waals surface area contributed by atoms with E-state index < -0.39 is 0 Å². The number of likely N-dealkylation sites (tertiary alicyclic amines) is 1. The third-order valence-electron chi connectivity index (χ3n) is 7.02. The van der Waals surface area contributed by atoms with Crippen molar-refractivity contribution < 1.29 is 19.1 Å². The maximum atomic E-state index is 13.5. The number of aryl methyl sites for hydroxylation is 1. The van der Waals surface area contributed by atoms with Crippen LogP contribution in [0.3, 0.4) is 0 Å². The molecule has 9 nitrogen and oxygen atoms in total. The van der Waals surface area contributed by atoms with Gasteiger partial charge in [-0.1, -0.05) is 25.1 Å². The van der Waals surface area contributed by atoms with Crippen molar-refractivity contribution in [3.63, 3.8) is 0 Å². The van der Waals surface area contributed by atoms with Crippen molar-refractivity contribution in [2.45, 2.75) is 32.7 Å².